The third-order valence-electron chi connectivity index (χ3n) is 2.78. The quantitative estimate of drug-likeness (QED) is 0.743. The van der Waals surface area contributed by atoms with Gasteiger partial charge in [0.25, 0.3) is 5.91 Å². The number of nitrogens with one attached hydrogen (secondary N) is 1. The summed E-state index contributed by atoms with van der Waals surface area (Å²) in [7, 11) is 0. The molecule has 1 heterocycles. The number of rotatable bonds is 5. The first kappa shape index (κ1) is 14.1. The van der Waals surface area contributed by atoms with E-state index in [-0.39, 0.29) is 12.5 Å². The number of halogens is 1. The van der Waals surface area contributed by atoms with Crippen LogP contribution in [0.4, 0.5) is 5.69 Å². The Kier molecular flexibility index (Phi) is 4.63. The van der Waals surface area contributed by atoms with E-state index >= 15 is 0 Å². The van der Waals surface area contributed by atoms with E-state index < -0.39 is 0 Å². The summed E-state index contributed by atoms with van der Waals surface area (Å²) in [6.07, 6.45) is 1.42. The first-order valence-corrected chi connectivity index (χ1v) is 7.20. The molecule has 0 bridgehead atoms. The molecule has 1 amide bonds. The second kappa shape index (κ2) is 6.23. The van der Waals surface area contributed by atoms with Gasteiger partial charge in [-0.1, -0.05) is 17.7 Å². The molecule has 4 nitrogen and oxygen atoms in total. The van der Waals surface area contributed by atoms with Crippen molar-refractivity contribution in [2.75, 3.05) is 18.9 Å². The lowest BCUT2D eigenvalue weighted by atomic mass is 10.2. The maximum Gasteiger partial charge on any atom is 0.263 e. The number of thiophene rings is 1. The zero-order valence-electron chi connectivity index (χ0n) is 10.3. The minimum absolute atomic E-state index is 0.135. The molecule has 0 aliphatic carbocycles. The zero-order valence-corrected chi connectivity index (χ0v) is 11.9. The highest BCUT2D eigenvalue weighted by molar-refractivity contribution is 7.21. The maximum atomic E-state index is 12.0. The number of aliphatic hydroxyl groups is 1. The molecule has 1 aromatic carbocycles. The molecule has 102 valence electrons. The highest BCUT2D eigenvalue weighted by Gasteiger charge is 2.17. The predicted octanol–water partition coefficient (Wildman–Crippen LogP) is 2.64. The number of hydrogen-bond acceptors (Lipinski definition) is 4. The van der Waals surface area contributed by atoms with E-state index in [1.165, 1.54) is 11.3 Å². The second-order valence-electron chi connectivity index (χ2n) is 4.14. The Labute approximate surface area is 120 Å². The van der Waals surface area contributed by atoms with Crippen LogP contribution in [0.25, 0.3) is 10.1 Å². The molecule has 0 aliphatic rings. The summed E-state index contributed by atoms with van der Waals surface area (Å²) in [5.74, 6) is -0.187. The molecule has 0 spiro atoms. The standard InChI is InChI=1S/C13H15ClN2O2S/c14-8-4-3-5-9-10(8)11(15)12(19-9)13(18)16-6-1-2-7-17/h3-5,17H,1-2,6-7,15H2,(H,16,18). The molecular weight excluding hydrogens is 284 g/mol. The summed E-state index contributed by atoms with van der Waals surface area (Å²) in [6.45, 7) is 0.664. The average Bonchev–Trinajstić information content (AvgIpc) is 2.73. The molecule has 0 saturated carbocycles. The molecule has 0 saturated heterocycles. The Balaban J connectivity index is 2.18. The van der Waals surface area contributed by atoms with Gasteiger partial charge in [-0.05, 0) is 25.0 Å². The first-order valence-electron chi connectivity index (χ1n) is 6.00. The highest BCUT2D eigenvalue weighted by Crippen LogP contribution is 2.37. The molecule has 0 aliphatic heterocycles. The van der Waals surface area contributed by atoms with Crippen molar-refractivity contribution in [3.8, 4) is 0 Å². The second-order valence-corrected chi connectivity index (χ2v) is 5.60. The normalized spacial score (nSPS) is 10.8. The molecule has 0 unspecified atom stereocenters. The largest absolute Gasteiger partial charge is 0.397 e. The fraction of sp³-hybridized carbons (Fsp3) is 0.308. The summed E-state index contributed by atoms with van der Waals surface area (Å²) < 4.78 is 0.908. The predicted molar refractivity (Wildman–Crippen MR) is 79.9 cm³/mol. The van der Waals surface area contributed by atoms with E-state index in [2.05, 4.69) is 5.32 Å². The molecule has 19 heavy (non-hydrogen) atoms. The zero-order chi connectivity index (χ0) is 13.8. The number of unbranched alkanes of at least 4 members (excludes halogenated alkanes) is 1. The number of fused-ring (bicyclic) bond motifs is 1. The minimum Gasteiger partial charge on any atom is -0.397 e. The number of carbonyl (C=O) groups excluding carboxylic acids is 1. The highest BCUT2D eigenvalue weighted by atomic mass is 35.5. The van der Waals surface area contributed by atoms with E-state index in [4.69, 9.17) is 22.4 Å². The molecule has 0 radical (unpaired) electrons. The van der Waals surface area contributed by atoms with Crippen LogP contribution in [-0.2, 0) is 0 Å². The van der Waals surface area contributed by atoms with E-state index in [1.54, 1.807) is 6.07 Å². The number of anilines is 1. The van der Waals surface area contributed by atoms with Crippen molar-refractivity contribution in [3.05, 3.63) is 28.1 Å². The number of carbonyl (C=O) groups is 1. The third-order valence-corrected chi connectivity index (χ3v) is 4.26. The van der Waals surface area contributed by atoms with Gasteiger partial charge in [0.2, 0.25) is 0 Å². The van der Waals surface area contributed by atoms with Gasteiger partial charge in [-0.2, -0.15) is 0 Å². The molecule has 2 rings (SSSR count). The van der Waals surface area contributed by atoms with Crippen molar-refractivity contribution < 1.29 is 9.90 Å². The van der Waals surface area contributed by atoms with Crippen molar-refractivity contribution in [3.63, 3.8) is 0 Å². The molecule has 6 heteroatoms. The van der Waals surface area contributed by atoms with Crippen LogP contribution in [0.15, 0.2) is 18.2 Å². The monoisotopic (exact) mass is 298 g/mol. The van der Waals surface area contributed by atoms with Gasteiger partial charge in [-0.25, -0.2) is 0 Å². The molecule has 0 atom stereocenters. The van der Waals surface area contributed by atoms with Crippen molar-refractivity contribution >= 4 is 44.6 Å². The van der Waals surface area contributed by atoms with Crippen LogP contribution in [0.2, 0.25) is 5.02 Å². The van der Waals surface area contributed by atoms with Crippen LogP contribution >= 0.6 is 22.9 Å². The molecule has 2 aromatic rings. The van der Waals surface area contributed by atoms with Gasteiger partial charge in [0.15, 0.2) is 0 Å². The Morgan fingerprint density at radius 2 is 2.21 bits per heavy atom. The number of amides is 1. The SMILES string of the molecule is Nc1c(C(=O)NCCCCO)sc2cccc(Cl)c12. The number of nitrogens with two attached hydrogens (primary N) is 1. The summed E-state index contributed by atoms with van der Waals surface area (Å²) in [5, 5.41) is 12.8. The van der Waals surface area contributed by atoms with Gasteiger partial charge in [-0.15, -0.1) is 11.3 Å². The van der Waals surface area contributed by atoms with Gasteiger partial charge < -0.3 is 16.2 Å². The number of hydrogen-bond donors (Lipinski definition) is 3. The van der Waals surface area contributed by atoms with Crippen LogP contribution in [0.3, 0.4) is 0 Å². The molecule has 1 aromatic heterocycles. The fourth-order valence-electron chi connectivity index (χ4n) is 1.82. The average molecular weight is 299 g/mol. The van der Waals surface area contributed by atoms with Crippen LogP contribution in [0.5, 0.6) is 0 Å². The van der Waals surface area contributed by atoms with Crippen molar-refractivity contribution in [2.45, 2.75) is 12.8 Å². The molecule has 4 N–H and O–H groups in total. The summed E-state index contributed by atoms with van der Waals surface area (Å²) in [6, 6.07) is 5.49. The van der Waals surface area contributed by atoms with Crippen LogP contribution in [0.1, 0.15) is 22.5 Å². The number of benzene rings is 1. The van der Waals surface area contributed by atoms with Gasteiger partial charge in [-0.3, -0.25) is 4.79 Å². The maximum absolute atomic E-state index is 12.0. The summed E-state index contributed by atoms with van der Waals surface area (Å²) in [5.41, 5.74) is 6.43. The number of aliphatic hydroxyl groups excluding tert-OH is 1. The fourth-order valence-corrected chi connectivity index (χ4v) is 3.21. The lowest BCUT2D eigenvalue weighted by Crippen LogP contribution is -2.24. The lowest BCUT2D eigenvalue weighted by Gasteiger charge is -2.03. The van der Waals surface area contributed by atoms with Crippen molar-refractivity contribution in [2.24, 2.45) is 0 Å². The van der Waals surface area contributed by atoms with Crippen LogP contribution < -0.4 is 11.1 Å². The minimum atomic E-state index is -0.187. The molecule has 0 fully saturated rings. The van der Waals surface area contributed by atoms with E-state index in [1.807, 2.05) is 12.1 Å². The lowest BCUT2D eigenvalue weighted by molar-refractivity contribution is 0.0957. The summed E-state index contributed by atoms with van der Waals surface area (Å²) >= 11 is 7.43. The van der Waals surface area contributed by atoms with Crippen molar-refractivity contribution in [1.29, 1.82) is 0 Å². The van der Waals surface area contributed by atoms with Crippen LogP contribution in [-0.4, -0.2) is 24.2 Å². The van der Waals surface area contributed by atoms with Gasteiger partial charge >= 0.3 is 0 Å². The van der Waals surface area contributed by atoms with Gasteiger partial charge in [0.1, 0.15) is 4.88 Å². The van der Waals surface area contributed by atoms with Crippen LogP contribution in [0, 0.1) is 0 Å². The topological polar surface area (TPSA) is 75.4 Å². The van der Waals surface area contributed by atoms with Gasteiger partial charge in [0, 0.05) is 23.2 Å². The third kappa shape index (κ3) is 3.00. The Hall–Kier alpha value is -1.30. The molecular formula is C13H15ClN2O2S. The number of nitrogen functional groups attached to an aromatic ring is 1. The van der Waals surface area contributed by atoms with Gasteiger partial charge in [0.05, 0.1) is 10.7 Å². The Bertz CT molecular complexity index is 598. The van der Waals surface area contributed by atoms with E-state index in [9.17, 15) is 4.79 Å². The summed E-state index contributed by atoms with van der Waals surface area (Å²) in [4.78, 5) is 12.5. The van der Waals surface area contributed by atoms with E-state index in [0.717, 1.165) is 16.5 Å². The smallest absolute Gasteiger partial charge is 0.263 e. The Morgan fingerprint density at radius 1 is 1.42 bits per heavy atom. The Morgan fingerprint density at radius 3 is 2.89 bits per heavy atom. The van der Waals surface area contributed by atoms with E-state index in [0.29, 0.717) is 28.6 Å². The first-order chi connectivity index (χ1) is 9.15. The van der Waals surface area contributed by atoms with Crippen molar-refractivity contribution in [1.82, 2.24) is 5.32 Å².